The first-order valence-corrected chi connectivity index (χ1v) is 5.42. The highest BCUT2D eigenvalue weighted by Gasteiger charge is 2.23. The first kappa shape index (κ1) is 13.4. The van der Waals surface area contributed by atoms with E-state index in [9.17, 15) is 14.5 Å². The third kappa shape index (κ3) is 2.37. The molecule has 0 aliphatic carbocycles. The van der Waals surface area contributed by atoms with Gasteiger partial charge in [0.25, 0.3) is 0 Å². The average Bonchev–Trinajstić information content (AvgIpc) is 2.36. The summed E-state index contributed by atoms with van der Waals surface area (Å²) in [5.74, 6) is -0.853. The molecular weight excluding hydrogens is 265 g/mol. The number of aryl methyl sites for hydroxylation is 1. The molecule has 100 valence electrons. The van der Waals surface area contributed by atoms with E-state index in [1.54, 1.807) is 6.07 Å². The van der Waals surface area contributed by atoms with Crippen molar-refractivity contribution in [2.24, 2.45) is 0 Å². The molecular formula is C12H8FN5O2. The molecule has 8 heteroatoms. The van der Waals surface area contributed by atoms with Crippen LogP contribution >= 0.6 is 0 Å². The monoisotopic (exact) mass is 273 g/mol. The van der Waals surface area contributed by atoms with E-state index in [1.807, 2.05) is 0 Å². The zero-order chi connectivity index (χ0) is 14.9. The fraction of sp³-hybridized carbons (Fsp3) is 0.0833. The molecule has 0 fully saturated rings. The van der Waals surface area contributed by atoms with Gasteiger partial charge in [-0.25, -0.2) is 14.4 Å². The van der Waals surface area contributed by atoms with Crippen molar-refractivity contribution in [1.82, 2.24) is 9.97 Å². The molecule has 7 nitrogen and oxygen atoms in total. The van der Waals surface area contributed by atoms with Gasteiger partial charge < -0.3 is 5.73 Å². The summed E-state index contributed by atoms with van der Waals surface area (Å²) in [7, 11) is 0. The lowest BCUT2D eigenvalue weighted by atomic mass is 10.1. The minimum absolute atomic E-state index is 0.0316. The van der Waals surface area contributed by atoms with Gasteiger partial charge in [0.2, 0.25) is 5.95 Å². The summed E-state index contributed by atoms with van der Waals surface area (Å²) in [6.45, 7) is 1.41. The Balaban J connectivity index is 2.78. The number of nitrogen functional groups attached to an aromatic ring is 1. The van der Waals surface area contributed by atoms with E-state index in [4.69, 9.17) is 11.0 Å². The largest absolute Gasteiger partial charge is 0.368 e. The topological polar surface area (TPSA) is 119 Å². The van der Waals surface area contributed by atoms with Gasteiger partial charge in [0.05, 0.1) is 16.6 Å². The highest BCUT2D eigenvalue weighted by atomic mass is 19.1. The van der Waals surface area contributed by atoms with Gasteiger partial charge in [-0.2, -0.15) is 5.26 Å². The molecule has 2 rings (SSSR count). The van der Waals surface area contributed by atoms with Gasteiger partial charge in [-0.15, -0.1) is 0 Å². The van der Waals surface area contributed by atoms with Crippen molar-refractivity contribution >= 4 is 11.6 Å². The lowest BCUT2D eigenvalue weighted by Crippen LogP contribution is -2.05. The quantitative estimate of drug-likeness (QED) is 0.659. The Morgan fingerprint density at radius 2 is 2.10 bits per heavy atom. The zero-order valence-corrected chi connectivity index (χ0v) is 10.3. The Morgan fingerprint density at radius 3 is 2.70 bits per heavy atom. The standard InChI is InChI=1S/C12H8FN5O2/c1-6-11(18(19)20)10(17-12(15)16-6)8-2-7(5-14)3-9(13)4-8/h2-4H,1H3,(H2,15,16,17). The molecule has 0 atom stereocenters. The average molecular weight is 273 g/mol. The van der Waals surface area contributed by atoms with Crippen molar-refractivity contribution in [3.8, 4) is 17.3 Å². The molecule has 0 aliphatic rings. The molecule has 0 bridgehead atoms. The lowest BCUT2D eigenvalue weighted by molar-refractivity contribution is -0.385. The number of anilines is 1. The maximum Gasteiger partial charge on any atom is 0.316 e. The minimum atomic E-state index is -0.691. The van der Waals surface area contributed by atoms with Crippen LogP contribution in [0.3, 0.4) is 0 Å². The first-order valence-electron chi connectivity index (χ1n) is 5.42. The molecule has 1 heterocycles. The predicted molar refractivity (Wildman–Crippen MR) is 67.9 cm³/mol. The van der Waals surface area contributed by atoms with E-state index in [1.165, 1.54) is 13.0 Å². The smallest absolute Gasteiger partial charge is 0.316 e. The van der Waals surface area contributed by atoms with Crippen molar-refractivity contribution < 1.29 is 9.31 Å². The van der Waals surface area contributed by atoms with Crippen molar-refractivity contribution in [2.75, 3.05) is 5.73 Å². The predicted octanol–water partition coefficient (Wildman–Crippen LogP) is 1.95. The Hall–Kier alpha value is -3.08. The third-order valence-electron chi connectivity index (χ3n) is 2.56. The van der Waals surface area contributed by atoms with E-state index >= 15 is 0 Å². The van der Waals surface area contributed by atoms with Crippen LogP contribution in [-0.4, -0.2) is 14.9 Å². The fourth-order valence-electron chi connectivity index (χ4n) is 1.80. The van der Waals surface area contributed by atoms with Gasteiger partial charge in [-0.05, 0) is 25.1 Å². The zero-order valence-electron chi connectivity index (χ0n) is 10.3. The molecule has 2 N–H and O–H groups in total. The third-order valence-corrected chi connectivity index (χ3v) is 2.56. The number of nitriles is 1. The van der Waals surface area contributed by atoms with Crippen LogP contribution in [0, 0.1) is 34.2 Å². The van der Waals surface area contributed by atoms with Crippen LogP contribution in [0.15, 0.2) is 18.2 Å². The van der Waals surface area contributed by atoms with Crippen LogP contribution in [0.5, 0.6) is 0 Å². The van der Waals surface area contributed by atoms with Gasteiger partial charge >= 0.3 is 5.69 Å². The van der Waals surface area contributed by atoms with Crippen molar-refractivity contribution in [3.63, 3.8) is 0 Å². The summed E-state index contributed by atoms with van der Waals surface area (Å²) in [6, 6.07) is 5.15. The normalized spacial score (nSPS) is 10.1. The van der Waals surface area contributed by atoms with Gasteiger partial charge in [-0.1, -0.05) is 0 Å². The van der Waals surface area contributed by atoms with E-state index in [-0.39, 0.29) is 34.2 Å². The molecule has 0 saturated carbocycles. The lowest BCUT2D eigenvalue weighted by Gasteiger charge is -2.06. The molecule has 0 aliphatic heterocycles. The highest BCUT2D eigenvalue weighted by molar-refractivity contribution is 5.72. The van der Waals surface area contributed by atoms with Gasteiger partial charge in [0, 0.05) is 5.56 Å². The summed E-state index contributed by atoms with van der Waals surface area (Å²) >= 11 is 0. The van der Waals surface area contributed by atoms with E-state index in [0.29, 0.717) is 0 Å². The molecule has 1 aromatic carbocycles. The van der Waals surface area contributed by atoms with Crippen molar-refractivity contribution in [1.29, 1.82) is 5.26 Å². The van der Waals surface area contributed by atoms with Crippen LogP contribution < -0.4 is 5.73 Å². The summed E-state index contributed by atoms with van der Waals surface area (Å²) in [4.78, 5) is 17.9. The van der Waals surface area contributed by atoms with Gasteiger partial charge in [0.15, 0.2) is 5.69 Å². The van der Waals surface area contributed by atoms with Crippen LogP contribution in [0.25, 0.3) is 11.3 Å². The van der Waals surface area contributed by atoms with Crippen LogP contribution in [0.4, 0.5) is 16.0 Å². The van der Waals surface area contributed by atoms with Crippen LogP contribution in [0.2, 0.25) is 0 Å². The maximum absolute atomic E-state index is 13.4. The summed E-state index contributed by atoms with van der Waals surface area (Å²) in [5, 5.41) is 19.9. The molecule has 0 amide bonds. The van der Waals surface area contributed by atoms with E-state index in [2.05, 4.69) is 9.97 Å². The van der Waals surface area contributed by atoms with Crippen LogP contribution in [-0.2, 0) is 0 Å². The summed E-state index contributed by atoms with van der Waals surface area (Å²) in [6.07, 6.45) is 0. The van der Waals surface area contributed by atoms with Gasteiger partial charge in [0.1, 0.15) is 11.5 Å². The Bertz CT molecular complexity index is 754. The number of nitrogens with zero attached hydrogens (tertiary/aromatic N) is 4. The second-order valence-corrected chi connectivity index (χ2v) is 3.96. The number of nitro groups is 1. The van der Waals surface area contributed by atoms with Crippen molar-refractivity contribution in [3.05, 3.63) is 45.4 Å². The number of hydrogen-bond donors (Lipinski definition) is 1. The second kappa shape index (κ2) is 4.89. The molecule has 0 radical (unpaired) electrons. The number of hydrogen-bond acceptors (Lipinski definition) is 6. The Kier molecular flexibility index (Phi) is 3.27. The maximum atomic E-state index is 13.4. The molecule has 1 aromatic heterocycles. The first-order chi connectivity index (χ1) is 9.42. The Morgan fingerprint density at radius 1 is 1.40 bits per heavy atom. The number of halogens is 1. The number of nitrogens with two attached hydrogens (primary N) is 1. The number of benzene rings is 1. The highest BCUT2D eigenvalue weighted by Crippen LogP contribution is 2.31. The van der Waals surface area contributed by atoms with E-state index in [0.717, 1.165) is 12.1 Å². The van der Waals surface area contributed by atoms with Crippen LogP contribution in [0.1, 0.15) is 11.3 Å². The second-order valence-electron chi connectivity index (χ2n) is 3.96. The molecule has 0 spiro atoms. The molecule has 2 aromatic rings. The number of aromatic nitrogens is 2. The SMILES string of the molecule is Cc1nc(N)nc(-c2cc(F)cc(C#N)c2)c1[N+](=O)[O-]. The molecule has 20 heavy (non-hydrogen) atoms. The van der Waals surface area contributed by atoms with Crippen molar-refractivity contribution in [2.45, 2.75) is 6.92 Å². The van der Waals surface area contributed by atoms with Gasteiger partial charge in [-0.3, -0.25) is 10.1 Å². The molecule has 0 unspecified atom stereocenters. The minimum Gasteiger partial charge on any atom is -0.368 e. The summed E-state index contributed by atoms with van der Waals surface area (Å²) in [5.41, 5.74) is 5.19. The van der Waals surface area contributed by atoms with E-state index < -0.39 is 10.7 Å². The Labute approximate surface area is 112 Å². The fourth-order valence-corrected chi connectivity index (χ4v) is 1.80. The molecule has 0 saturated heterocycles. The number of rotatable bonds is 2. The summed E-state index contributed by atoms with van der Waals surface area (Å²) < 4.78 is 13.4.